The molecule has 7 nitrogen and oxygen atoms in total. The van der Waals surface area contributed by atoms with E-state index in [4.69, 9.17) is 9.47 Å². The van der Waals surface area contributed by atoms with E-state index in [9.17, 15) is 9.59 Å². The molecule has 3 aliphatic rings. The topological polar surface area (TPSA) is 62.3 Å². The lowest BCUT2D eigenvalue weighted by Gasteiger charge is -2.46. The van der Waals surface area contributed by atoms with Crippen molar-refractivity contribution >= 4 is 17.5 Å². The Morgan fingerprint density at radius 3 is 2.61 bits per heavy atom. The van der Waals surface area contributed by atoms with Crippen LogP contribution in [0.5, 0.6) is 0 Å². The molecule has 0 aromatic heterocycles. The summed E-state index contributed by atoms with van der Waals surface area (Å²) in [5.41, 5.74) is 0.377. The number of rotatable bonds is 3. The molecule has 2 atom stereocenters. The summed E-state index contributed by atoms with van der Waals surface area (Å²) in [6.07, 6.45) is 4.20. The van der Waals surface area contributed by atoms with Gasteiger partial charge in [0.25, 0.3) is 5.91 Å². The summed E-state index contributed by atoms with van der Waals surface area (Å²) < 4.78 is 11.4. The molecule has 1 aromatic rings. The minimum Gasteiger partial charge on any atom is -0.378 e. The fourth-order valence-electron chi connectivity index (χ4n) is 4.01. The van der Waals surface area contributed by atoms with Crippen molar-refractivity contribution in [1.82, 2.24) is 9.80 Å². The van der Waals surface area contributed by atoms with Gasteiger partial charge in [0.2, 0.25) is 5.91 Å². The van der Waals surface area contributed by atoms with Crippen LogP contribution in [-0.4, -0.2) is 79.3 Å². The molecule has 28 heavy (non-hydrogen) atoms. The number of benzene rings is 1. The summed E-state index contributed by atoms with van der Waals surface area (Å²) in [5.74, 6) is 0.109. The van der Waals surface area contributed by atoms with Crippen LogP contribution in [0.4, 0.5) is 5.69 Å². The predicted octanol–water partition coefficient (Wildman–Crippen LogP) is 1.26. The SMILES string of the molecule is CC1OC2(C=CN(CC(=O)N3CCOCC3)CC2)CN(c2ccccc2)C1=O. The molecular formula is C21H27N3O4. The molecule has 2 fully saturated rings. The van der Waals surface area contributed by atoms with Gasteiger partial charge in [-0.05, 0) is 37.8 Å². The van der Waals surface area contributed by atoms with Crippen molar-refractivity contribution in [2.24, 2.45) is 0 Å². The average molecular weight is 385 g/mol. The fraction of sp³-hybridized carbons (Fsp3) is 0.524. The molecule has 7 heteroatoms. The van der Waals surface area contributed by atoms with E-state index >= 15 is 0 Å². The number of ether oxygens (including phenoxy) is 2. The van der Waals surface area contributed by atoms with Crippen LogP contribution in [0.15, 0.2) is 42.6 Å². The van der Waals surface area contributed by atoms with E-state index in [-0.39, 0.29) is 11.8 Å². The van der Waals surface area contributed by atoms with Gasteiger partial charge >= 0.3 is 0 Å². The zero-order valence-electron chi connectivity index (χ0n) is 16.3. The Hall–Kier alpha value is -2.38. The van der Waals surface area contributed by atoms with E-state index in [2.05, 4.69) is 0 Å². The van der Waals surface area contributed by atoms with Crippen LogP contribution < -0.4 is 4.90 Å². The highest BCUT2D eigenvalue weighted by Gasteiger charge is 2.44. The molecule has 3 aliphatic heterocycles. The summed E-state index contributed by atoms with van der Waals surface area (Å²) in [4.78, 5) is 30.8. The first-order valence-electron chi connectivity index (χ1n) is 9.89. The lowest BCUT2D eigenvalue weighted by Crippen LogP contribution is -2.59. The Balaban J connectivity index is 1.43. The number of hydrogen-bond donors (Lipinski definition) is 0. The average Bonchev–Trinajstić information content (AvgIpc) is 2.74. The lowest BCUT2D eigenvalue weighted by atomic mass is 9.92. The molecule has 2 unspecified atom stereocenters. The highest BCUT2D eigenvalue weighted by atomic mass is 16.5. The molecule has 3 heterocycles. The summed E-state index contributed by atoms with van der Waals surface area (Å²) in [7, 11) is 0. The van der Waals surface area contributed by atoms with Gasteiger partial charge in [0.15, 0.2) is 0 Å². The van der Waals surface area contributed by atoms with Crippen LogP contribution in [0, 0.1) is 0 Å². The van der Waals surface area contributed by atoms with Crippen LogP contribution >= 0.6 is 0 Å². The normalized spacial score (nSPS) is 28.1. The van der Waals surface area contributed by atoms with Crippen molar-refractivity contribution in [3.63, 3.8) is 0 Å². The highest BCUT2D eigenvalue weighted by Crippen LogP contribution is 2.33. The Labute approximate surface area is 165 Å². The van der Waals surface area contributed by atoms with Crippen molar-refractivity contribution in [3.8, 4) is 0 Å². The second-order valence-electron chi connectivity index (χ2n) is 7.61. The van der Waals surface area contributed by atoms with Gasteiger partial charge < -0.3 is 24.2 Å². The molecular weight excluding hydrogens is 358 g/mol. The predicted molar refractivity (Wildman–Crippen MR) is 105 cm³/mol. The van der Waals surface area contributed by atoms with E-state index in [0.29, 0.717) is 39.4 Å². The first-order chi connectivity index (χ1) is 13.6. The largest absolute Gasteiger partial charge is 0.378 e. The number of carbonyl (C=O) groups excluding carboxylic acids is 2. The van der Waals surface area contributed by atoms with Gasteiger partial charge in [0.1, 0.15) is 11.7 Å². The fourth-order valence-corrected chi connectivity index (χ4v) is 4.01. The second-order valence-corrected chi connectivity index (χ2v) is 7.61. The van der Waals surface area contributed by atoms with Crippen LogP contribution in [0.3, 0.4) is 0 Å². The molecule has 4 rings (SSSR count). The molecule has 0 bridgehead atoms. The second kappa shape index (κ2) is 7.93. The quantitative estimate of drug-likeness (QED) is 0.784. The van der Waals surface area contributed by atoms with Crippen molar-refractivity contribution in [3.05, 3.63) is 42.6 Å². The Bertz CT molecular complexity index is 747. The molecule has 0 N–H and O–H groups in total. The van der Waals surface area contributed by atoms with Crippen molar-refractivity contribution in [1.29, 1.82) is 0 Å². The Kier molecular flexibility index (Phi) is 5.37. The number of hydrogen-bond acceptors (Lipinski definition) is 5. The first-order valence-corrected chi connectivity index (χ1v) is 9.89. The third-order valence-corrected chi connectivity index (χ3v) is 5.63. The first kappa shape index (κ1) is 19.0. The number of carbonyl (C=O) groups is 2. The van der Waals surface area contributed by atoms with E-state index in [1.807, 2.05) is 57.3 Å². The van der Waals surface area contributed by atoms with E-state index < -0.39 is 11.7 Å². The zero-order chi connectivity index (χ0) is 19.6. The maximum absolute atomic E-state index is 12.6. The molecule has 2 amide bonds. The van der Waals surface area contributed by atoms with E-state index in [1.165, 1.54) is 0 Å². The van der Waals surface area contributed by atoms with E-state index in [1.54, 1.807) is 6.92 Å². The molecule has 1 aromatic carbocycles. The van der Waals surface area contributed by atoms with Crippen molar-refractivity contribution in [2.75, 3.05) is 50.8 Å². The minimum atomic E-state index is -0.512. The number of para-hydroxylation sites is 1. The molecule has 0 saturated carbocycles. The number of morpholine rings is 2. The van der Waals surface area contributed by atoms with Gasteiger partial charge in [-0.1, -0.05) is 18.2 Å². The number of amides is 2. The summed E-state index contributed by atoms with van der Waals surface area (Å²) in [6.45, 7) is 5.92. The molecule has 2 saturated heterocycles. The molecule has 1 spiro atoms. The summed E-state index contributed by atoms with van der Waals surface area (Å²) in [5, 5.41) is 0. The maximum Gasteiger partial charge on any atom is 0.255 e. The van der Waals surface area contributed by atoms with Gasteiger partial charge in [-0.2, -0.15) is 0 Å². The third-order valence-electron chi connectivity index (χ3n) is 5.63. The van der Waals surface area contributed by atoms with Gasteiger partial charge in [0.05, 0.1) is 26.3 Å². The standard InChI is InChI=1S/C21H27N3O4/c1-17-20(26)24(18-5-3-2-4-6-18)16-21(28-17)7-9-22(10-8-21)15-19(25)23-11-13-27-14-12-23/h2-7,9,17H,8,10-16H2,1H3. The van der Waals surface area contributed by atoms with Crippen molar-refractivity contribution < 1.29 is 19.1 Å². The highest BCUT2D eigenvalue weighted by molar-refractivity contribution is 5.97. The van der Waals surface area contributed by atoms with Crippen LogP contribution in [0.25, 0.3) is 0 Å². The monoisotopic (exact) mass is 385 g/mol. The lowest BCUT2D eigenvalue weighted by molar-refractivity contribution is -0.148. The van der Waals surface area contributed by atoms with Gasteiger partial charge in [-0.15, -0.1) is 0 Å². The Morgan fingerprint density at radius 1 is 1.18 bits per heavy atom. The third kappa shape index (κ3) is 3.91. The van der Waals surface area contributed by atoms with Gasteiger partial charge in [-0.25, -0.2) is 0 Å². The van der Waals surface area contributed by atoms with Crippen LogP contribution in [0.2, 0.25) is 0 Å². The van der Waals surface area contributed by atoms with Crippen LogP contribution in [0.1, 0.15) is 13.3 Å². The van der Waals surface area contributed by atoms with Gasteiger partial charge in [-0.3, -0.25) is 9.59 Å². The molecule has 0 radical (unpaired) electrons. The van der Waals surface area contributed by atoms with Gasteiger partial charge in [0, 0.05) is 25.3 Å². The number of nitrogens with zero attached hydrogens (tertiary/aromatic N) is 3. The zero-order valence-corrected chi connectivity index (χ0v) is 16.3. The maximum atomic E-state index is 12.6. The molecule has 150 valence electrons. The smallest absolute Gasteiger partial charge is 0.255 e. The van der Waals surface area contributed by atoms with Crippen LogP contribution in [-0.2, 0) is 19.1 Å². The Morgan fingerprint density at radius 2 is 1.93 bits per heavy atom. The minimum absolute atomic E-state index is 0.0184. The summed E-state index contributed by atoms with van der Waals surface area (Å²) >= 11 is 0. The van der Waals surface area contributed by atoms with E-state index in [0.717, 1.165) is 18.7 Å². The summed E-state index contributed by atoms with van der Waals surface area (Å²) in [6, 6.07) is 9.71. The molecule has 0 aliphatic carbocycles. The van der Waals surface area contributed by atoms with Crippen molar-refractivity contribution in [2.45, 2.75) is 25.0 Å². The number of anilines is 1.